The highest BCUT2D eigenvalue weighted by Crippen LogP contribution is 2.37. The second-order valence-electron chi connectivity index (χ2n) is 4.43. The van der Waals surface area contributed by atoms with Gasteiger partial charge in [0.05, 0.1) is 5.69 Å². The van der Waals surface area contributed by atoms with Crippen LogP contribution in [0.15, 0.2) is 47.4 Å². The Bertz CT molecular complexity index is 637. The van der Waals surface area contributed by atoms with Crippen LogP contribution in [0, 0.1) is 6.92 Å². The molecule has 1 aliphatic rings. The largest absolute Gasteiger partial charge is 0.314 e. The minimum atomic E-state index is 0.109. The first-order valence-electron chi connectivity index (χ1n) is 6.83. The van der Waals surface area contributed by atoms with E-state index in [0.29, 0.717) is 0 Å². The van der Waals surface area contributed by atoms with Gasteiger partial charge in [0, 0.05) is 23.1 Å². The Kier molecular flexibility index (Phi) is 4.50. The Morgan fingerprint density at radius 2 is 1.70 bits per heavy atom. The average molecular weight is 285 g/mol. The molecule has 0 atom stereocenters. The van der Waals surface area contributed by atoms with Gasteiger partial charge in [0.2, 0.25) is 0 Å². The van der Waals surface area contributed by atoms with Crippen LogP contribution >= 0.6 is 11.9 Å². The van der Waals surface area contributed by atoms with Crippen LogP contribution in [0.5, 0.6) is 0 Å². The predicted molar refractivity (Wildman–Crippen MR) is 86.7 cm³/mol. The predicted octanol–water partition coefficient (Wildman–Crippen LogP) is 4.71. The van der Waals surface area contributed by atoms with Crippen molar-refractivity contribution in [1.82, 2.24) is 0 Å². The van der Waals surface area contributed by atoms with Gasteiger partial charge in [0.25, 0.3) is 0 Å². The number of nitrogens with zero attached hydrogens (tertiary/aromatic N) is 1. The number of aryl methyl sites for hydroxylation is 1. The van der Waals surface area contributed by atoms with Crippen LogP contribution in [0.1, 0.15) is 35.3 Å². The van der Waals surface area contributed by atoms with E-state index in [1.807, 2.05) is 64.2 Å². The van der Waals surface area contributed by atoms with Crippen LogP contribution in [0.25, 0.3) is 0 Å². The smallest absolute Gasteiger partial charge is 0.196 e. The maximum absolute atomic E-state index is 12.5. The third-order valence-corrected chi connectivity index (χ3v) is 4.11. The summed E-state index contributed by atoms with van der Waals surface area (Å²) in [6, 6.07) is 13.7. The highest BCUT2D eigenvalue weighted by Gasteiger charge is 2.23. The van der Waals surface area contributed by atoms with Gasteiger partial charge in [0.15, 0.2) is 5.78 Å². The van der Waals surface area contributed by atoms with Crippen LogP contribution in [0.4, 0.5) is 5.69 Å². The maximum Gasteiger partial charge on any atom is 0.196 e. The van der Waals surface area contributed by atoms with E-state index in [9.17, 15) is 4.79 Å². The minimum Gasteiger partial charge on any atom is -0.314 e. The molecule has 0 amide bonds. The maximum atomic E-state index is 12.5. The van der Waals surface area contributed by atoms with Gasteiger partial charge in [-0.3, -0.25) is 4.79 Å². The summed E-state index contributed by atoms with van der Waals surface area (Å²) < 4.78 is 2.05. The molecule has 3 heteroatoms. The number of benzene rings is 2. The fourth-order valence-electron chi connectivity index (χ4n) is 2.17. The van der Waals surface area contributed by atoms with Crippen molar-refractivity contribution in [2.24, 2.45) is 0 Å². The molecule has 2 nitrogen and oxygen atoms in total. The summed E-state index contributed by atoms with van der Waals surface area (Å²) in [5.74, 6) is 0.109. The van der Waals surface area contributed by atoms with Crippen LogP contribution in [0.2, 0.25) is 0 Å². The molecule has 0 saturated heterocycles. The summed E-state index contributed by atoms with van der Waals surface area (Å²) in [6.07, 6.45) is 0. The lowest BCUT2D eigenvalue weighted by atomic mass is 10.0. The summed E-state index contributed by atoms with van der Waals surface area (Å²) in [7, 11) is 1.99. The number of para-hydroxylation sites is 1. The molecule has 1 aliphatic heterocycles. The van der Waals surface area contributed by atoms with Crippen LogP contribution in [-0.4, -0.2) is 12.8 Å². The molecule has 20 heavy (non-hydrogen) atoms. The number of rotatable bonds is 0. The van der Waals surface area contributed by atoms with Crippen molar-refractivity contribution in [3.63, 3.8) is 0 Å². The van der Waals surface area contributed by atoms with E-state index < -0.39 is 0 Å². The van der Waals surface area contributed by atoms with Crippen molar-refractivity contribution >= 4 is 23.4 Å². The van der Waals surface area contributed by atoms with Crippen molar-refractivity contribution in [3.8, 4) is 0 Å². The normalized spacial score (nSPS) is 12.8. The summed E-state index contributed by atoms with van der Waals surface area (Å²) in [5.41, 5.74) is 3.72. The number of hydrogen-bond donors (Lipinski definition) is 0. The lowest BCUT2D eigenvalue weighted by Crippen LogP contribution is -2.07. The van der Waals surface area contributed by atoms with Crippen molar-refractivity contribution in [3.05, 3.63) is 59.2 Å². The zero-order chi connectivity index (χ0) is 14.7. The zero-order valence-corrected chi connectivity index (χ0v) is 13.1. The van der Waals surface area contributed by atoms with Gasteiger partial charge < -0.3 is 4.31 Å². The summed E-state index contributed by atoms with van der Waals surface area (Å²) in [4.78, 5) is 13.6. The number of carbonyl (C=O) groups is 1. The molecule has 0 saturated carbocycles. The standard InChI is InChI=1S/C15H13NOS.C2H6/c1-10-7-8-12-14(9-10)18-16(2)13-6-4-3-5-11(13)15(12)17;1-2/h3-9H,1-2H3;1-2H3. The number of ketones is 1. The fraction of sp³-hybridized carbons (Fsp3) is 0.235. The Balaban J connectivity index is 0.000000704. The Hall–Kier alpha value is -1.74. The quantitative estimate of drug-likeness (QED) is 0.654. The molecule has 1 heterocycles. The van der Waals surface area contributed by atoms with Gasteiger partial charge >= 0.3 is 0 Å². The van der Waals surface area contributed by atoms with E-state index >= 15 is 0 Å². The Labute approximate surface area is 124 Å². The van der Waals surface area contributed by atoms with E-state index in [2.05, 4.69) is 10.4 Å². The highest BCUT2D eigenvalue weighted by molar-refractivity contribution is 8.00. The molecule has 2 aromatic rings. The first-order valence-corrected chi connectivity index (χ1v) is 7.60. The van der Waals surface area contributed by atoms with Crippen LogP contribution in [-0.2, 0) is 0 Å². The third kappa shape index (κ3) is 2.59. The van der Waals surface area contributed by atoms with Gasteiger partial charge in [-0.25, -0.2) is 0 Å². The number of hydrogen-bond acceptors (Lipinski definition) is 3. The molecule has 0 spiro atoms. The van der Waals surface area contributed by atoms with E-state index in [1.54, 1.807) is 11.9 Å². The molecular formula is C17H19NOS. The zero-order valence-electron chi connectivity index (χ0n) is 12.3. The number of fused-ring (bicyclic) bond motifs is 2. The van der Waals surface area contributed by atoms with Crippen molar-refractivity contribution in [2.75, 3.05) is 11.4 Å². The van der Waals surface area contributed by atoms with Crippen molar-refractivity contribution < 1.29 is 4.79 Å². The first-order chi connectivity index (χ1) is 9.66. The topological polar surface area (TPSA) is 20.3 Å². The molecule has 0 aromatic heterocycles. The summed E-state index contributed by atoms with van der Waals surface area (Å²) in [6.45, 7) is 6.04. The molecular weight excluding hydrogens is 266 g/mol. The average Bonchev–Trinajstić information content (AvgIpc) is 2.58. The van der Waals surface area contributed by atoms with E-state index in [-0.39, 0.29) is 5.78 Å². The SMILES string of the molecule is CC.Cc1ccc2c(c1)SN(C)c1ccccc1C2=O. The second-order valence-corrected chi connectivity index (χ2v) is 5.60. The molecule has 0 unspecified atom stereocenters. The molecule has 0 aliphatic carbocycles. The van der Waals surface area contributed by atoms with Crippen LogP contribution < -0.4 is 4.31 Å². The fourth-order valence-corrected chi connectivity index (χ4v) is 3.22. The minimum absolute atomic E-state index is 0.109. The highest BCUT2D eigenvalue weighted by atomic mass is 32.2. The van der Waals surface area contributed by atoms with Crippen molar-refractivity contribution in [1.29, 1.82) is 0 Å². The van der Waals surface area contributed by atoms with Crippen molar-refractivity contribution in [2.45, 2.75) is 25.7 Å². The van der Waals surface area contributed by atoms with Gasteiger partial charge in [-0.2, -0.15) is 0 Å². The lowest BCUT2D eigenvalue weighted by molar-refractivity contribution is 0.103. The van der Waals surface area contributed by atoms with Gasteiger partial charge in [-0.1, -0.05) is 32.0 Å². The third-order valence-electron chi connectivity index (χ3n) is 3.10. The monoisotopic (exact) mass is 285 g/mol. The van der Waals surface area contributed by atoms with Gasteiger partial charge in [-0.15, -0.1) is 0 Å². The summed E-state index contributed by atoms with van der Waals surface area (Å²) in [5, 5.41) is 0. The molecule has 3 rings (SSSR count). The van der Waals surface area contributed by atoms with E-state index in [0.717, 1.165) is 21.7 Å². The van der Waals surface area contributed by atoms with Gasteiger partial charge in [-0.05, 0) is 48.7 Å². The van der Waals surface area contributed by atoms with E-state index in [4.69, 9.17) is 0 Å². The molecule has 0 N–H and O–H groups in total. The molecule has 104 valence electrons. The molecule has 0 bridgehead atoms. The second kappa shape index (κ2) is 6.14. The molecule has 0 fully saturated rings. The van der Waals surface area contributed by atoms with Crippen LogP contribution in [0.3, 0.4) is 0 Å². The van der Waals surface area contributed by atoms with E-state index in [1.165, 1.54) is 5.56 Å². The Morgan fingerprint density at radius 3 is 2.45 bits per heavy atom. The molecule has 0 radical (unpaired) electrons. The number of anilines is 1. The number of carbonyl (C=O) groups excluding carboxylic acids is 1. The van der Waals surface area contributed by atoms with Gasteiger partial charge in [0.1, 0.15) is 0 Å². The molecule has 2 aromatic carbocycles. The summed E-state index contributed by atoms with van der Waals surface area (Å²) >= 11 is 1.61. The lowest BCUT2D eigenvalue weighted by Gasteiger charge is -2.17. The Morgan fingerprint density at radius 1 is 1.00 bits per heavy atom. The first kappa shape index (κ1) is 14.7.